The van der Waals surface area contributed by atoms with Crippen molar-refractivity contribution in [3.8, 4) is 0 Å². The van der Waals surface area contributed by atoms with Crippen molar-refractivity contribution in [2.75, 3.05) is 19.6 Å². The first-order valence-corrected chi connectivity index (χ1v) is 6.91. The minimum atomic E-state index is -0.0277. The third kappa shape index (κ3) is 5.79. The fourth-order valence-electron chi connectivity index (χ4n) is 2.46. The van der Waals surface area contributed by atoms with Crippen molar-refractivity contribution in [2.45, 2.75) is 32.4 Å². The molecule has 0 spiro atoms. The minimum absolute atomic E-state index is 0. The summed E-state index contributed by atoms with van der Waals surface area (Å²) >= 11 is 0. The molecule has 5 nitrogen and oxygen atoms in total. The number of aromatic nitrogens is 1. The lowest BCUT2D eigenvalue weighted by molar-refractivity contribution is 0.0905. The molecule has 0 bridgehead atoms. The number of halogens is 2. The number of likely N-dealkylation sites (tertiary alicyclic amines) is 1. The molecule has 0 aromatic carbocycles. The van der Waals surface area contributed by atoms with E-state index in [0.29, 0.717) is 12.1 Å². The zero-order valence-corrected chi connectivity index (χ0v) is 13.9. The van der Waals surface area contributed by atoms with E-state index in [4.69, 9.17) is 5.73 Å². The SMILES string of the molecule is CCN1CCCC(NC(=O)c2ccnc(CN)c2)C1.Cl.Cl. The third-order valence-electron chi connectivity index (χ3n) is 3.58. The molecule has 1 amide bonds. The maximum atomic E-state index is 12.2. The molecule has 1 aromatic heterocycles. The summed E-state index contributed by atoms with van der Waals surface area (Å²) in [6.07, 6.45) is 3.83. The molecular weight excluding hydrogens is 311 g/mol. The summed E-state index contributed by atoms with van der Waals surface area (Å²) in [5.41, 5.74) is 6.92. The lowest BCUT2D eigenvalue weighted by Crippen LogP contribution is -2.47. The third-order valence-corrected chi connectivity index (χ3v) is 3.58. The summed E-state index contributed by atoms with van der Waals surface area (Å²) in [4.78, 5) is 18.6. The van der Waals surface area contributed by atoms with Crippen LogP contribution in [0.2, 0.25) is 0 Å². The fraction of sp³-hybridized carbons (Fsp3) is 0.571. The maximum absolute atomic E-state index is 12.2. The Morgan fingerprint density at radius 3 is 2.95 bits per heavy atom. The van der Waals surface area contributed by atoms with E-state index in [0.717, 1.165) is 38.2 Å². The lowest BCUT2D eigenvalue weighted by Gasteiger charge is -2.32. The van der Waals surface area contributed by atoms with Gasteiger partial charge in [-0.25, -0.2) is 0 Å². The highest BCUT2D eigenvalue weighted by atomic mass is 35.5. The van der Waals surface area contributed by atoms with Gasteiger partial charge in [0.2, 0.25) is 0 Å². The van der Waals surface area contributed by atoms with E-state index in [9.17, 15) is 4.79 Å². The van der Waals surface area contributed by atoms with E-state index in [1.807, 2.05) is 0 Å². The Hall–Kier alpha value is -0.880. The first kappa shape index (κ1) is 20.1. The van der Waals surface area contributed by atoms with E-state index < -0.39 is 0 Å². The van der Waals surface area contributed by atoms with Gasteiger partial charge < -0.3 is 16.0 Å². The highest BCUT2D eigenvalue weighted by molar-refractivity contribution is 5.94. The molecule has 120 valence electrons. The van der Waals surface area contributed by atoms with Gasteiger partial charge >= 0.3 is 0 Å². The predicted molar refractivity (Wildman–Crippen MR) is 89.2 cm³/mol. The second kappa shape index (κ2) is 9.95. The summed E-state index contributed by atoms with van der Waals surface area (Å²) in [6, 6.07) is 3.74. The number of nitrogens with one attached hydrogen (secondary N) is 1. The predicted octanol–water partition coefficient (Wildman–Crippen LogP) is 1.60. The summed E-state index contributed by atoms with van der Waals surface area (Å²) in [5, 5.41) is 3.10. The highest BCUT2D eigenvalue weighted by Gasteiger charge is 2.20. The number of hydrogen-bond donors (Lipinski definition) is 2. The minimum Gasteiger partial charge on any atom is -0.348 e. The maximum Gasteiger partial charge on any atom is 0.251 e. The number of carbonyl (C=O) groups is 1. The van der Waals surface area contributed by atoms with Gasteiger partial charge in [-0.2, -0.15) is 0 Å². The van der Waals surface area contributed by atoms with Gasteiger partial charge in [-0.3, -0.25) is 9.78 Å². The Kier molecular flexibility index (Phi) is 9.53. The summed E-state index contributed by atoms with van der Waals surface area (Å²) in [6.45, 7) is 5.63. The van der Waals surface area contributed by atoms with Crippen LogP contribution in [0, 0.1) is 0 Å². The Labute approximate surface area is 138 Å². The molecule has 7 heteroatoms. The van der Waals surface area contributed by atoms with Gasteiger partial charge in [0.25, 0.3) is 5.91 Å². The van der Waals surface area contributed by atoms with E-state index in [1.54, 1.807) is 18.3 Å². The van der Waals surface area contributed by atoms with Crippen molar-refractivity contribution in [3.05, 3.63) is 29.6 Å². The van der Waals surface area contributed by atoms with E-state index >= 15 is 0 Å². The first-order chi connectivity index (χ1) is 9.22. The number of carbonyl (C=O) groups excluding carboxylic acids is 1. The van der Waals surface area contributed by atoms with E-state index in [1.165, 1.54) is 0 Å². The molecule has 1 aliphatic heterocycles. The second-order valence-electron chi connectivity index (χ2n) is 4.95. The number of nitrogens with zero attached hydrogens (tertiary/aromatic N) is 2. The summed E-state index contributed by atoms with van der Waals surface area (Å²) < 4.78 is 0. The lowest BCUT2D eigenvalue weighted by atomic mass is 10.1. The molecule has 1 aromatic rings. The molecule has 1 aliphatic rings. The monoisotopic (exact) mass is 334 g/mol. The first-order valence-electron chi connectivity index (χ1n) is 6.91. The number of amides is 1. The van der Waals surface area contributed by atoms with Crippen LogP contribution in [-0.4, -0.2) is 41.5 Å². The average Bonchev–Trinajstić information content (AvgIpc) is 2.47. The van der Waals surface area contributed by atoms with Crippen LogP contribution in [0.25, 0.3) is 0 Å². The van der Waals surface area contributed by atoms with Crippen LogP contribution in [0.1, 0.15) is 35.8 Å². The largest absolute Gasteiger partial charge is 0.348 e. The van der Waals surface area contributed by atoms with Crippen molar-refractivity contribution in [3.63, 3.8) is 0 Å². The van der Waals surface area contributed by atoms with Crippen molar-refractivity contribution in [2.24, 2.45) is 5.73 Å². The van der Waals surface area contributed by atoms with Crippen molar-refractivity contribution in [1.29, 1.82) is 0 Å². The van der Waals surface area contributed by atoms with Crippen LogP contribution in [0.3, 0.4) is 0 Å². The number of rotatable bonds is 4. The smallest absolute Gasteiger partial charge is 0.251 e. The van der Waals surface area contributed by atoms with Crippen LogP contribution in [0.4, 0.5) is 0 Å². The van der Waals surface area contributed by atoms with Crippen LogP contribution >= 0.6 is 24.8 Å². The number of likely N-dealkylation sites (N-methyl/N-ethyl adjacent to an activating group) is 1. The molecule has 2 rings (SSSR count). The van der Waals surface area contributed by atoms with E-state index in [-0.39, 0.29) is 36.8 Å². The van der Waals surface area contributed by atoms with Gasteiger partial charge in [-0.1, -0.05) is 6.92 Å². The number of hydrogen-bond acceptors (Lipinski definition) is 4. The van der Waals surface area contributed by atoms with Crippen LogP contribution in [0.5, 0.6) is 0 Å². The van der Waals surface area contributed by atoms with Gasteiger partial charge in [0, 0.05) is 30.9 Å². The molecular formula is C14H24Cl2N4O. The zero-order valence-electron chi connectivity index (χ0n) is 12.2. The van der Waals surface area contributed by atoms with Crippen molar-refractivity contribution < 1.29 is 4.79 Å². The van der Waals surface area contributed by atoms with Crippen molar-refractivity contribution >= 4 is 30.7 Å². The van der Waals surface area contributed by atoms with Gasteiger partial charge in [0.1, 0.15) is 0 Å². The zero-order chi connectivity index (χ0) is 13.7. The summed E-state index contributed by atoms with van der Waals surface area (Å²) in [7, 11) is 0. The molecule has 3 N–H and O–H groups in total. The molecule has 1 atom stereocenters. The van der Waals surface area contributed by atoms with Gasteiger partial charge in [-0.05, 0) is 38.1 Å². The Bertz CT molecular complexity index is 445. The molecule has 1 unspecified atom stereocenters. The molecule has 0 aliphatic carbocycles. The molecule has 1 fully saturated rings. The molecule has 0 saturated carbocycles. The Balaban J connectivity index is 0.00000200. The quantitative estimate of drug-likeness (QED) is 0.877. The van der Waals surface area contributed by atoms with Crippen molar-refractivity contribution in [1.82, 2.24) is 15.2 Å². The Morgan fingerprint density at radius 2 is 2.29 bits per heavy atom. The topological polar surface area (TPSA) is 71.2 Å². The van der Waals surface area contributed by atoms with Crippen LogP contribution in [0.15, 0.2) is 18.3 Å². The number of pyridine rings is 1. The van der Waals surface area contributed by atoms with Gasteiger partial charge in [0.15, 0.2) is 0 Å². The standard InChI is InChI=1S/C14H22N4O.2ClH/c1-2-18-7-3-4-12(10-18)17-14(19)11-5-6-16-13(8-11)9-15;;/h5-6,8,12H,2-4,7,9-10,15H2,1H3,(H,17,19);2*1H. The van der Waals surface area contributed by atoms with Gasteiger partial charge in [0.05, 0.1) is 5.69 Å². The summed E-state index contributed by atoms with van der Waals surface area (Å²) in [5.74, 6) is -0.0277. The molecule has 21 heavy (non-hydrogen) atoms. The molecule has 1 saturated heterocycles. The van der Waals surface area contributed by atoms with Gasteiger partial charge in [-0.15, -0.1) is 24.8 Å². The highest BCUT2D eigenvalue weighted by Crippen LogP contribution is 2.10. The number of piperidine rings is 1. The fourth-order valence-corrected chi connectivity index (χ4v) is 2.46. The van der Waals surface area contributed by atoms with E-state index in [2.05, 4.69) is 22.1 Å². The molecule has 0 radical (unpaired) electrons. The normalized spacial score (nSPS) is 18.3. The second-order valence-corrected chi connectivity index (χ2v) is 4.95. The van der Waals surface area contributed by atoms with Crippen LogP contribution in [-0.2, 0) is 6.54 Å². The molecule has 2 heterocycles. The average molecular weight is 335 g/mol. The van der Waals surface area contributed by atoms with Crippen LogP contribution < -0.4 is 11.1 Å². The Morgan fingerprint density at radius 1 is 1.52 bits per heavy atom. The number of nitrogens with two attached hydrogens (primary N) is 1.